The molecular weight excluding hydrogens is 268 g/mol. The molecule has 3 aromatic rings. The summed E-state index contributed by atoms with van der Waals surface area (Å²) in [6, 6.07) is 9.58. The average molecular weight is 282 g/mol. The summed E-state index contributed by atoms with van der Waals surface area (Å²) < 4.78 is 5.74. The summed E-state index contributed by atoms with van der Waals surface area (Å²) in [5.74, 6) is 0.517. The Bertz CT molecular complexity index is 907. The maximum atomic E-state index is 12.2. The van der Waals surface area contributed by atoms with Crippen LogP contribution in [0.25, 0.3) is 22.3 Å². The van der Waals surface area contributed by atoms with E-state index in [2.05, 4.69) is 0 Å². The first-order valence-electron chi connectivity index (χ1n) is 6.53. The van der Waals surface area contributed by atoms with E-state index in [1.807, 2.05) is 6.92 Å². The molecule has 2 aromatic carbocycles. The Morgan fingerprint density at radius 1 is 0.952 bits per heavy atom. The summed E-state index contributed by atoms with van der Waals surface area (Å²) in [5, 5.41) is 19.6. The van der Waals surface area contributed by atoms with Crippen LogP contribution in [0.15, 0.2) is 45.6 Å². The van der Waals surface area contributed by atoms with Crippen LogP contribution in [0.4, 0.5) is 0 Å². The van der Waals surface area contributed by atoms with E-state index in [4.69, 9.17) is 4.42 Å². The number of fused-ring (bicyclic) bond motifs is 1. The molecule has 0 unspecified atom stereocenters. The molecule has 0 fully saturated rings. The Morgan fingerprint density at radius 2 is 1.71 bits per heavy atom. The Labute approximate surface area is 120 Å². The molecule has 3 rings (SSSR count). The molecule has 0 spiro atoms. The molecule has 0 aliphatic rings. The number of benzene rings is 2. The van der Waals surface area contributed by atoms with E-state index in [9.17, 15) is 15.0 Å². The zero-order chi connectivity index (χ0) is 15.1. The van der Waals surface area contributed by atoms with Gasteiger partial charge in [0.2, 0.25) is 0 Å². The van der Waals surface area contributed by atoms with Crippen molar-refractivity contribution in [3.8, 4) is 22.8 Å². The highest BCUT2D eigenvalue weighted by Crippen LogP contribution is 2.29. The molecule has 2 N–H and O–H groups in total. The van der Waals surface area contributed by atoms with Crippen molar-refractivity contribution in [3.63, 3.8) is 0 Å². The number of aromatic hydroxyl groups is 2. The molecule has 0 radical (unpaired) electrons. The SMILES string of the molecule is Cc1cc(O)c2c(=O)cc(-c3ccc(O)c(C)c3)oc2c1. The first-order valence-corrected chi connectivity index (χ1v) is 6.53. The lowest BCUT2D eigenvalue weighted by Gasteiger charge is -2.07. The van der Waals surface area contributed by atoms with Gasteiger partial charge in [0.25, 0.3) is 0 Å². The molecule has 21 heavy (non-hydrogen) atoms. The maximum absolute atomic E-state index is 12.2. The van der Waals surface area contributed by atoms with E-state index in [1.165, 1.54) is 12.1 Å². The monoisotopic (exact) mass is 282 g/mol. The molecule has 1 heterocycles. The molecular formula is C17H14O4. The molecule has 4 heteroatoms. The zero-order valence-electron chi connectivity index (χ0n) is 11.7. The van der Waals surface area contributed by atoms with Gasteiger partial charge in [0.05, 0.1) is 0 Å². The predicted octanol–water partition coefficient (Wildman–Crippen LogP) is 3.49. The highest BCUT2D eigenvalue weighted by atomic mass is 16.3. The molecule has 0 saturated heterocycles. The van der Waals surface area contributed by atoms with Crippen LogP contribution < -0.4 is 5.43 Å². The average Bonchev–Trinajstić information content (AvgIpc) is 2.40. The summed E-state index contributed by atoms with van der Waals surface area (Å²) in [4.78, 5) is 12.2. The third kappa shape index (κ3) is 2.25. The van der Waals surface area contributed by atoms with Crippen molar-refractivity contribution in [2.75, 3.05) is 0 Å². The Morgan fingerprint density at radius 3 is 2.43 bits per heavy atom. The Balaban J connectivity index is 2.29. The lowest BCUT2D eigenvalue weighted by Crippen LogP contribution is -2.01. The summed E-state index contributed by atoms with van der Waals surface area (Å²) >= 11 is 0. The van der Waals surface area contributed by atoms with Gasteiger partial charge >= 0.3 is 0 Å². The summed E-state index contributed by atoms with van der Waals surface area (Å²) in [6.07, 6.45) is 0. The fourth-order valence-electron chi connectivity index (χ4n) is 2.35. The van der Waals surface area contributed by atoms with Crippen molar-refractivity contribution in [2.45, 2.75) is 13.8 Å². The van der Waals surface area contributed by atoms with Crippen LogP contribution in [0.3, 0.4) is 0 Å². The van der Waals surface area contributed by atoms with Gasteiger partial charge in [-0.1, -0.05) is 0 Å². The second-order valence-corrected chi connectivity index (χ2v) is 5.13. The van der Waals surface area contributed by atoms with Gasteiger partial charge in [-0.05, 0) is 55.3 Å². The number of aryl methyl sites for hydroxylation is 2. The first-order chi connectivity index (χ1) is 9.95. The van der Waals surface area contributed by atoms with E-state index in [0.717, 1.165) is 5.56 Å². The van der Waals surface area contributed by atoms with Gasteiger partial charge in [-0.3, -0.25) is 4.79 Å². The molecule has 0 aliphatic carbocycles. The Hall–Kier alpha value is -2.75. The minimum Gasteiger partial charge on any atom is -0.508 e. The lowest BCUT2D eigenvalue weighted by atomic mass is 10.1. The van der Waals surface area contributed by atoms with Crippen molar-refractivity contribution in [3.05, 3.63) is 57.7 Å². The van der Waals surface area contributed by atoms with Crippen LogP contribution >= 0.6 is 0 Å². The van der Waals surface area contributed by atoms with Crippen molar-refractivity contribution in [1.82, 2.24) is 0 Å². The van der Waals surface area contributed by atoms with Gasteiger partial charge in [-0.15, -0.1) is 0 Å². The van der Waals surface area contributed by atoms with Crippen LogP contribution in [-0.2, 0) is 0 Å². The molecule has 0 atom stereocenters. The second-order valence-electron chi connectivity index (χ2n) is 5.13. The molecule has 1 aromatic heterocycles. The summed E-state index contributed by atoms with van der Waals surface area (Å²) in [6.45, 7) is 3.59. The quantitative estimate of drug-likeness (QED) is 0.716. The largest absolute Gasteiger partial charge is 0.508 e. The Kier molecular flexibility index (Phi) is 2.94. The summed E-state index contributed by atoms with van der Waals surface area (Å²) in [5.41, 5.74) is 2.25. The third-order valence-electron chi connectivity index (χ3n) is 3.44. The van der Waals surface area contributed by atoms with Crippen LogP contribution in [0.2, 0.25) is 0 Å². The maximum Gasteiger partial charge on any atom is 0.197 e. The standard InChI is InChI=1S/C17H14O4/c1-9-5-13(19)17-14(20)8-15(21-16(17)6-9)11-3-4-12(18)10(2)7-11/h3-8,18-19H,1-2H3. The van der Waals surface area contributed by atoms with Crippen LogP contribution in [0.5, 0.6) is 11.5 Å². The van der Waals surface area contributed by atoms with E-state index < -0.39 is 0 Å². The van der Waals surface area contributed by atoms with Crippen LogP contribution in [0.1, 0.15) is 11.1 Å². The first kappa shape index (κ1) is 13.2. The molecule has 4 nitrogen and oxygen atoms in total. The van der Waals surface area contributed by atoms with Gasteiger partial charge < -0.3 is 14.6 Å². The van der Waals surface area contributed by atoms with Crippen LogP contribution in [0, 0.1) is 13.8 Å². The normalized spacial score (nSPS) is 11.0. The van der Waals surface area contributed by atoms with Crippen LogP contribution in [-0.4, -0.2) is 10.2 Å². The molecule has 0 aliphatic heterocycles. The number of phenols is 2. The topological polar surface area (TPSA) is 70.7 Å². The lowest BCUT2D eigenvalue weighted by molar-refractivity contribution is 0.471. The number of hydrogen-bond donors (Lipinski definition) is 2. The predicted molar refractivity (Wildman–Crippen MR) is 80.7 cm³/mol. The minimum atomic E-state index is -0.297. The minimum absolute atomic E-state index is 0.0767. The van der Waals surface area contributed by atoms with E-state index in [-0.39, 0.29) is 22.3 Å². The van der Waals surface area contributed by atoms with E-state index in [0.29, 0.717) is 22.5 Å². The highest BCUT2D eigenvalue weighted by Gasteiger charge is 2.11. The molecule has 0 bridgehead atoms. The van der Waals surface area contributed by atoms with Gasteiger partial charge in [0.1, 0.15) is 28.2 Å². The van der Waals surface area contributed by atoms with Crippen molar-refractivity contribution >= 4 is 11.0 Å². The van der Waals surface area contributed by atoms with E-state index >= 15 is 0 Å². The third-order valence-corrected chi connectivity index (χ3v) is 3.44. The van der Waals surface area contributed by atoms with Crippen molar-refractivity contribution in [1.29, 1.82) is 0 Å². The van der Waals surface area contributed by atoms with Gasteiger partial charge in [0, 0.05) is 11.6 Å². The van der Waals surface area contributed by atoms with Gasteiger partial charge in [-0.2, -0.15) is 0 Å². The van der Waals surface area contributed by atoms with E-state index in [1.54, 1.807) is 31.2 Å². The second kappa shape index (κ2) is 4.66. The summed E-state index contributed by atoms with van der Waals surface area (Å²) in [7, 11) is 0. The molecule has 106 valence electrons. The fraction of sp³-hybridized carbons (Fsp3) is 0.118. The van der Waals surface area contributed by atoms with Gasteiger partial charge in [0.15, 0.2) is 5.43 Å². The molecule has 0 amide bonds. The van der Waals surface area contributed by atoms with Crippen molar-refractivity contribution < 1.29 is 14.6 Å². The smallest absolute Gasteiger partial charge is 0.197 e. The number of hydrogen-bond acceptors (Lipinski definition) is 4. The van der Waals surface area contributed by atoms with Crippen molar-refractivity contribution in [2.24, 2.45) is 0 Å². The fourth-order valence-corrected chi connectivity index (χ4v) is 2.35. The zero-order valence-corrected chi connectivity index (χ0v) is 11.7. The number of phenolic OH excluding ortho intramolecular Hbond substituents is 2. The molecule has 0 saturated carbocycles. The highest BCUT2D eigenvalue weighted by molar-refractivity contribution is 5.85. The number of rotatable bonds is 1. The van der Waals surface area contributed by atoms with Gasteiger partial charge in [-0.25, -0.2) is 0 Å².